The fourth-order valence-electron chi connectivity index (χ4n) is 2.31. The number of rotatable bonds is 12. The summed E-state index contributed by atoms with van der Waals surface area (Å²) in [6, 6.07) is 0. The van der Waals surface area contributed by atoms with E-state index >= 15 is 0 Å². The van der Waals surface area contributed by atoms with E-state index < -0.39 is 21.5 Å². The minimum atomic E-state index is -4.38. The van der Waals surface area contributed by atoms with Gasteiger partial charge in [-0.15, -0.1) is 0 Å². The number of aliphatic hydroxyl groups is 1. The Bertz CT molecular complexity index is 306. The average Bonchev–Trinajstić information content (AvgIpc) is 2.33. The van der Waals surface area contributed by atoms with Crippen LogP contribution in [0.2, 0.25) is 0 Å². The molecule has 4 nitrogen and oxygen atoms in total. The normalized spacial score (nSPS) is 14.6. The molecule has 2 unspecified atom stereocenters. The molecule has 20 heavy (non-hydrogen) atoms. The summed E-state index contributed by atoms with van der Waals surface area (Å²) in [5.41, 5.74) is 0. The largest absolute Gasteiger partial charge is 1.00 e. The Kier molecular flexibility index (Phi) is 16.8. The van der Waals surface area contributed by atoms with Crippen molar-refractivity contribution in [3.63, 3.8) is 0 Å². The second-order valence-electron chi connectivity index (χ2n) is 5.30. The van der Waals surface area contributed by atoms with Gasteiger partial charge in [-0.25, -0.2) is 8.42 Å². The summed E-state index contributed by atoms with van der Waals surface area (Å²) in [5, 5.41) is 8.71. The van der Waals surface area contributed by atoms with Gasteiger partial charge < -0.3 is 9.66 Å². The van der Waals surface area contributed by atoms with Gasteiger partial charge in [0.05, 0.1) is 11.4 Å². The molecule has 0 saturated heterocycles. The zero-order valence-electron chi connectivity index (χ0n) is 13.3. The minimum Gasteiger partial charge on any atom is -0.748 e. The van der Waals surface area contributed by atoms with E-state index in [2.05, 4.69) is 6.92 Å². The maximum absolute atomic E-state index is 11.1. The molecule has 2 atom stereocenters. The monoisotopic (exact) mass is 332 g/mol. The molecular weight excluding hydrogens is 303 g/mol. The van der Waals surface area contributed by atoms with E-state index in [1.807, 2.05) is 6.92 Å². The first-order valence-electron chi connectivity index (χ1n) is 7.56. The van der Waals surface area contributed by atoms with Crippen LogP contribution < -0.4 is 51.4 Å². The Morgan fingerprint density at radius 2 is 1.40 bits per heavy atom. The predicted octanol–water partition coefficient (Wildman–Crippen LogP) is 0.206. The number of hydrogen-bond acceptors (Lipinski definition) is 4. The van der Waals surface area contributed by atoms with Crippen LogP contribution in [0, 0.1) is 0 Å². The Balaban J connectivity index is 0. The van der Waals surface area contributed by atoms with Gasteiger partial charge >= 0.3 is 51.4 Å². The van der Waals surface area contributed by atoms with Crippen molar-refractivity contribution in [3.05, 3.63) is 0 Å². The molecule has 0 aromatic carbocycles. The fourth-order valence-corrected chi connectivity index (χ4v) is 3.36. The van der Waals surface area contributed by atoms with Gasteiger partial charge in [0.1, 0.15) is 10.1 Å². The zero-order valence-corrected chi connectivity index (χ0v) is 17.2. The molecule has 0 rings (SSSR count). The van der Waals surface area contributed by atoms with E-state index in [0.717, 1.165) is 19.3 Å². The molecule has 0 aliphatic heterocycles. The summed E-state index contributed by atoms with van der Waals surface area (Å²) in [7, 11) is -4.38. The van der Waals surface area contributed by atoms with Crippen LogP contribution in [0.5, 0.6) is 0 Å². The van der Waals surface area contributed by atoms with Crippen LogP contribution in [0.3, 0.4) is 0 Å². The van der Waals surface area contributed by atoms with Crippen LogP contribution in [0.25, 0.3) is 0 Å². The Morgan fingerprint density at radius 1 is 0.900 bits per heavy atom. The molecule has 6 heteroatoms. The maximum atomic E-state index is 11.1. The molecular formula is C14H29KO4S. The summed E-state index contributed by atoms with van der Waals surface area (Å²) in [5.74, 6) is 0. The van der Waals surface area contributed by atoms with Gasteiger partial charge in [-0.2, -0.15) is 0 Å². The zero-order chi connectivity index (χ0) is 14.7. The van der Waals surface area contributed by atoms with Crippen molar-refractivity contribution < 1.29 is 69.5 Å². The smallest absolute Gasteiger partial charge is 0.748 e. The van der Waals surface area contributed by atoms with Crippen molar-refractivity contribution in [3.8, 4) is 0 Å². The van der Waals surface area contributed by atoms with E-state index in [9.17, 15) is 18.1 Å². The summed E-state index contributed by atoms with van der Waals surface area (Å²) in [4.78, 5) is 0. The molecule has 0 aliphatic rings. The summed E-state index contributed by atoms with van der Waals surface area (Å²) >= 11 is 0. The Morgan fingerprint density at radius 3 is 1.85 bits per heavy atom. The molecule has 0 radical (unpaired) electrons. The first-order valence-corrected chi connectivity index (χ1v) is 9.03. The van der Waals surface area contributed by atoms with Crippen molar-refractivity contribution in [2.45, 2.75) is 89.4 Å². The molecule has 1 N–H and O–H groups in total. The molecule has 0 amide bonds. The SMILES string of the molecule is CCCCCCCCCC(O)C(CCC)S(=O)(=O)[O-].[K+]. The van der Waals surface area contributed by atoms with Gasteiger partial charge in [-0.3, -0.25) is 0 Å². The van der Waals surface area contributed by atoms with Gasteiger partial charge in [0, 0.05) is 0 Å². The number of aliphatic hydroxyl groups excluding tert-OH is 1. The fraction of sp³-hybridized carbons (Fsp3) is 1.00. The van der Waals surface area contributed by atoms with Crippen molar-refractivity contribution in [2.75, 3.05) is 0 Å². The molecule has 0 saturated carbocycles. The number of hydrogen-bond donors (Lipinski definition) is 1. The Hall–Kier alpha value is 1.51. The van der Waals surface area contributed by atoms with Crippen molar-refractivity contribution in [1.82, 2.24) is 0 Å². The molecule has 0 aromatic rings. The second kappa shape index (κ2) is 14.1. The van der Waals surface area contributed by atoms with E-state index in [0.29, 0.717) is 12.8 Å². The van der Waals surface area contributed by atoms with Crippen LogP contribution in [0.15, 0.2) is 0 Å². The van der Waals surface area contributed by atoms with E-state index in [4.69, 9.17) is 0 Å². The van der Waals surface area contributed by atoms with Gasteiger partial charge in [0.2, 0.25) is 0 Å². The van der Waals surface area contributed by atoms with Gasteiger partial charge in [0.15, 0.2) is 0 Å². The standard InChI is InChI=1S/C14H30O4S.K/c1-3-5-6-7-8-9-10-12-13(15)14(11-4-2)19(16,17)18;/h13-15H,3-12H2,1-2H3,(H,16,17,18);/q;+1/p-1. The third-order valence-corrected chi connectivity index (χ3v) is 4.77. The molecule has 116 valence electrons. The van der Waals surface area contributed by atoms with Crippen LogP contribution in [-0.4, -0.2) is 29.4 Å². The van der Waals surface area contributed by atoms with E-state index in [1.54, 1.807) is 0 Å². The minimum absolute atomic E-state index is 0. The first kappa shape index (κ1) is 23.8. The molecule has 0 spiro atoms. The van der Waals surface area contributed by atoms with Gasteiger partial charge in [0.25, 0.3) is 0 Å². The van der Waals surface area contributed by atoms with Crippen molar-refractivity contribution >= 4 is 10.1 Å². The quantitative estimate of drug-likeness (QED) is 0.315. The van der Waals surface area contributed by atoms with E-state index in [-0.39, 0.29) is 57.8 Å². The van der Waals surface area contributed by atoms with Crippen molar-refractivity contribution in [2.24, 2.45) is 0 Å². The first-order chi connectivity index (χ1) is 8.93. The second-order valence-corrected chi connectivity index (χ2v) is 6.89. The van der Waals surface area contributed by atoms with Crippen LogP contribution >= 0.6 is 0 Å². The molecule has 0 aliphatic carbocycles. The molecule has 0 aromatic heterocycles. The van der Waals surface area contributed by atoms with Gasteiger partial charge in [-0.05, 0) is 12.8 Å². The van der Waals surface area contributed by atoms with E-state index in [1.165, 1.54) is 25.7 Å². The summed E-state index contributed by atoms with van der Waals surface area (Å²) < 4.78 is 33.2. The third kappa shape index (κ3) is 12.1. The molecule has 0 heterocycles. The Labute approximate surface area is 167 Å². The van der Waals surface area contributed by atoms with Crippen LogP contribution in [0.4, 0.5) is 0 Å². The summed E-state index contributed by atoms with van der Waals surface area (Å²) in [6.07, 6.45) is 8.10. The predicted molar refractivity (Wildman–Crippen MR) is 77.0 cm³/mol. The maximum Gasteiger partial charge on any atom is 1.00 e. The topological polar surface area (TPSA) is 77.4 Å². The third-order valence-electron chi connectivity index (χ3n) is 3.48. The average molecular weight is 333 g/mol. The van der Waals surface area contributed by atoms with Crippen LogP contribution in [0.1, 0.15) is 78.1 Å². The molecule has 0 fully saturated rings. The number of unbranched alkanes of at least 4 members (excludes halogenated alkanes) is 6. The van der Waals surface area contributed by atoms with Gasteiger partial charge in [-0.1, -0.05) is 65.2 Å². The molecule has 0 bridgehead atoms. The van der Waals surface area contributed by atoms with Crippen LogP contribution in [-0.2, 0) is 10.1 Å². The van der Waals surface area contributed by atoms with Crippen molar-refractivity contribution in [1.29, 1.82) is 0 Å². The summed E-state index contributed by atoms with van der Waals surface area (Å²) in [6.45, 7) is 3.99.